The molecule has 0 radical (unpaired) electrons. The molecule has 0 unspecified atom stereocenters. The summed E-state index contributed by atoms with van der Waals surface area (Å²) in [5.74, 6) is 1.02. The minimum Gasteiger partial charge on any atom is -0.363 e. The van der Waals surface area contributed by atoms with E-state index in [-0.39, 0.29) is 0 Å². The number of rotatable bonds is 4. The van der Waals surface area contributed by atoms with Gasteiger partial charge < -0.3 is 4.90 Å². The molecule has 0 aliphatic carbocycles. The summed E-state index contributed by atoms with van der Waals surface area (Å²) in [5, 5.41) is 0. The van der Waals surface area contributed by atoms with E-state index < -0.39 is 0 Å². The highest BCUT2D eigenvalue weighted by Crippen LogP contribution is 2.13. The first-order chi connectivity index (χ1) is 8.65. The van der Waals surface area contributed by atoms with Crippen molar-refractivity contribution in [3.05, 3.63) is 59.3 Å². The van der Waals surface area contributed by atoms with Gasteiger partial charge in [0.05, 0.1) is 0 Å². The highest BCUT2D eigenvalue weighted by Gasteiger charge is 2.00. The van der Waals surface area contributed by atoms with Crippen molar-refractivity contribution in [1.82, 2.24) is 4.98 Å². The third kappa shape index (κ3) is 3.33. The minimum atomic E-state index is 1.02. The average molecular weight is 240 g/mol. The monoisotopic (exact) mass is 240 g/mol. The number of aromatic nitrogens is 1. The van der Waals surface area contributed by atoms with E-state index in [2.05, 4.69) is 48.3 Å². The molecule has 0 amide bonds. The van der Waals surface area contributed by atoms with Gasteiger partial charge in [0.15, 0.2) is 0 Å². The second-order valence-corrected chi connectivity index (χ2v) is 4.91. The Hall–Kier alpha value is -1.83. The van der Waals surface area contributed by atoms with Crippen molar-refractivity contribution < 1.29 is 0 Å². The Bertz CT molecular complexity index is 518. The van der Waals surface area contributed by atoms with Gasteiger partial charge in [-0.3, -0.25) is 0 Å². The van der Waals surface area contributed by atoms with Crippen molar-refractivity contribution in [3.63, 3.8) is 0 Å². The molecule has 0 saturated carbocycles. The SMILES string of the molecule is Cc1cccc(CCc2ccnc(N(C)C)c2)c1. The van der Waals surface area contributed by atoms with Crippen LogP contribution in [-0.4, -0.2) is 19.1 Å². The average Bonchev–Trinajstić information content (AvgIpc) is 2.37. The molecule has 1 heterocycles. The Morgan fingerprint density at radius 2 is 1.72 bits per heavy atom. The predicted octanol–water partition coefficient (Wildman–Crippen LogP) is 3.24. The van der Waals surface area contributed by atoms with E-state index in [1.165, 1.54) is 16.7 Å². The van der Waals surface area contributed by atoms with E-state index in [1.54, 1.807) is 0 Å². The fourth-order valence-electron chi connectivity index (χ4n) is 2.02. The summed E-state index contributed by atoms with van der Waals surface area (Å²) in [6.45, 7) is 2.14. The van der Waals surface area contributed by atoms with Gasteiger partial charge in [-0.15, -0.1) is 0 Å². The van der Waals surface area contributed by atoms with Crippen molar-refractivity contribution in [2.75, 3.05) is 19.0 Å². The molecule has 0 bridgehead atoms. The second kappa shape index (κ2) is 5.67. The van der Waals surface area contributed by atoms with Crippen LogP contribution in [0.15, 0.2) is 42.6 Å². The van der Waals surface area contributed by atoms with Crippen LogP contribution in [0.2, 0.25) is 0 Å². The molecule has 1 aromatic heterocycles. The largest absolute Gasteiger partial charge is 0.363 e. The maximum Gasteiger partial charge on any atom is 0.128 e. The first kappa shape index (κ1) is 12.6. The highest BCUT2D eigenvalue weighted by molar-refractivity contribution is 5.39. The van der Waals surface area contributed by atoms with Crippen molar-refractivity contribution in [3.8, 4) is 0 Å². The Labute approximate surface area is 109 Å². The molecule has 1 aromatic carbocycles. The smallest absolute Gasteiger partial charge is 0.128 e. The van der Waals surface area contributed by atoms with Crippen LogP contribution in [0, 0.1) is 6.92 Å². The van der Waals surface area contributed by atoms with Crippen molar-refractivity contribution in [2.45, 2.75) is 19.8 Å². The molecule has 2 nitrogen and oxygen atoms in total. The minimum absolute atomic E-state index is 1.02. The maximum atomic E-state index is 4.33. The van der Waals surface area contributed by atoms with Gasteiger partial charge >= 0.3 is 0 Å². The molecule has 0 atom stereocenters. The summed E-state index contributed by atoms with van der Waals surface area (Å²) in [6.07, 6.45) is 4.03. The van der Waals surface area contributed by atoms with Crippen LogP contribution in [0.5, 0.6) is 0 Å². The Balaban J connectivity index is 2.04. The molecule has 94 valence electrons. The summed E-state index contributed by atoms with van der Waals surface area (Å²) >= 11 is 0. The summed E-state index contributed by atoms with van der Waals surface area (Å²) in [6, 6.07) is 13.0. The van der Waals surface area contributed by atoms with Crippen LogP contribution in [0.3, 0.4) is 0 Å². The van der Waals surface area contributed by atoms with E-state index >= 15 is 0 Å². The van der Waals surface area contributed by atoms with Gasteiger partial charge in [0.2, 0.25) is 0 Å². The first-order valence-electron chi connectivity index (χ1n) is 6.33. The fourth-order valence-corrected chi connectivity index (χ4v) is 2.02. The molecule has 0 N–H and O–H groups in total. The summed E-state index contributed by atoms with van der Waals surface area (Å²) < 4.78 is 0. The summed E-state index contributed by atoms with van der Waals surface area (Å²) in [7, 11) is 4.04. The van der Waals surface area contributed by atoms with Crippen LogP contribution < -0.4 is 4.90 Å². The number of pyridine rings is 1. The van der Waals surface area contributed by atoms with Crippen LogP contribution >= 0.6 is 0 Å². The number of nitrogens with zero attached hydrogens (tertiary/aromatic N) is 2. The molecule has 0 aliphatic heterocycles. The Kier molecular flexibility index (Phi) is 3.98. The zero-order valence-electron chi connectivity index (χ0n) is 11.4. The molecule has 0 saturated heterocycles. The maximum absolute atomic E-state index is 4.33. The van der Waals surface area contributed by atoms with Gasteiger partial charge in [-0.05, 0) is 43.0 Å². The lowest BCUT2D eigenvalue weighted by Crippen LogP contribution is -2.10. The number of hydrogen-bond donors (Lipinski definition) is 0. The van der Waals surface area contributed by atoms with E-state index in [0.717, 1.165) is 18.7 Å². The number of aryl methyl sites for hydroxylation is 3. The second-order valence-electron chi connectivity index (χ2n) is 4.91. The fraction of sp³-hybridized carbons (Fsp3) is 0.312. The van der Waals surface area contributed by atoms with Crippen molar-refractivity contribution >= 4 is 5.82 Å². The van der Waals surface area contributed by atoms with Gasteiger partial charge in [0.1, 0.15) is 5.82 Å². The predicted molar refractivity (Wildman–Crippen MR) is 77.2 cm³/mol. The summed E-state index contributed by atoms with van der Waals surface area (Å²) in [4.78, 5) is 6.37. The molecule has 0 spiro atoms. The standard InChI is InChI=1S/C16H20N2/c1-13-5-4-6-14(11-13)7-8-15-9-10-17-16(12-15)18(2)3/h4-6,9-12H,7-8H2,1-3H3. The molecule has 2 rings (SSSR count). The topological polar surface area (TPSA) is 16.1 Å². The van der Waals surface area contributed by atoms with Crippen LogP contribution in [0.4, 0.5) is 5.82 Å². The van der Waals surface area contributed by atoms with Gasteiger partial charge in [0.25, 0.3) is 0 Å². The number of benzene rings is 1. The van der Waals surface area contributed by atoms with Crippen molar-refractivity contribution in [1.29, 1.82) is 0 Å². The molecular weight excluding hydrogens is 220 g/mol. The van der Waals surface area contributed by atoms with Crippen molar-refractivity contribution in [2.24, 2.45) is 0 Å². The number of hydrogen-bond acceptors (Lipinski definition) is 2. The van der Waals surface area contributed by atoms with E-state index in [0.29, 0.717) is 0 Å². The third-order valence-corrected chi connectivity index (χ3v) is 3.05. The van der Waals surface area contributed by atoms with Crippen LogP contribution in [0.25, 0.3) is 0 Å². The van der Waals surface area contributed by atoms with Crippen LogP contribution in [-0.2, 0) is 12.8 Å². The van der Waals surface area contributed by atoms with Gasteiger partial charge in [-0.25, -0.2) is 4.98 Å². The molecular formula is C16H20N2. The van der Waals surface area contributed by atoms with E-state index in [9.17, 15) is 0 Å². The van der Waals surface area contributed by atoms with Gasteiger partial charge in [0, 0.05) is 20.3 Å². The quantitative estimate of drug-likeness (QED) is 0.815. The molecule has 2 heteroatoms. The molecule has 0 fully saturated rings. The van der Waals surface area contributed by atoms with E-state index in [4.69, 9.17) is 0 Å². The molecule has 18 heavy (non-hydrogen) atoms. The zero-order chi connectivity index (χ0) is 13.0. The lowest BCUT2D eigenvalue weighted by atomic mass is 10.0. The van der Waals surface area contributed by atoms with Gasteiger partial charge in [-0.1, -0.05) is 29.8 Å². The highest BCUT2D eigenvalue weighted by atomic mass is 15.1. The first-order valence-corrected chi connectivity index (χ1v) is 6.33. The lowest BCUT2D eigenvalue weighted by molar-refractivity contribution is 0.946. The number of anilines is 1. The molecule has 2 aromatic rings. The van der Waals surface area contributed by atoms with Crippen LogP contribution in [0.1, 0.15) is 16.7 Å². The lowest BCUT2D eigenvalue weighted by Gasteiger charge is -2.12. The Morgan fingerprint density at radius 3 is 2.39 bits per heavy atom. The third-order valence-electron chi connectivity index (χ3n) is 3.05. The van der Waals surface area contributed by atoms with E-state index in [1.807, 2.05) is 25.2 Å². The van der Waals surface area contributed by atoms with Gasteiger partial charge in [-0.2, -0.15) is 0 Å². The summed E-state index contributed by atoms with van der Waals surface area (Å²) in [5.41, 5.74) is 4.07. The Morgan fingerprint density at radius 1 is 1.00 bits per heavy atom. The zero-order valence-corrected chi connectivity index (χ0v) is 11.4. The molecule has 0 aliphatic rings. The normalized spacial score (nSPS) is 10.4.